The van der Waals surface area contributed by atoms with Crippen LogP contribution in [0.4, 0.5) is 0 Å². The van der Waals surface area contributed by atoms with E-state index in [1.54, 1.807) is 26.4 Å². The molecule has 0 unspecified atom stereocenters. The molecule has 0 saturated heterocycles. The van der Waals surface area contributed by atoms with Crippen molar-refractivity contribution in [1.82, 2.24) is 10.6 Å². The maximum absolute atomic E-state index is 12.0. The number of aliphatic imine (C=N–C) groups is 1. The Morgan fingerprint density at radius 1 is 1.07 bits per heavy atom. The SMILES string of the molecule is COc1ccc(CCN=C(N)NCCNC(=O)c2cccc(Br)c2)cc1OC.I. The van der Waals surface area contributed by atoms with Gasteiger partial charge in [-0.1, -0.05) is 28.1 Å². The molecule has 158 valence electrons. The molecule has 0 saturated carbocycles. The number of nitrogens with two attached hydrogens (primary N) is 1. The maximum Gasteiger partial charge on any atom is 0.251 e. The van der Waals surface area contributed by atoms with Crippen LogP contribution >= 0.6 is 39.9 Å². The Bertz CT molecular complexity index is 833. The van der Waals surface area contributed by atoms with Crippen LogP contribution < -0.4 is 25.8 Å². The van der Waals surface area contributed by atoms with E-state index in [9.17, 15) is 4.79 Å². The second kappa shape index (κ2) is 13.3. The molecule has 0 aliphatic carbocycles. The fraction of sp³-hybridized carbons (Fsp3) is 0.300. The fourth-order valence-electron chi connectivity index (χ4n) is 2.50. The van der Waals surface area contributed by atoms with E-state index in [1.165, 1.54) is 0 Å². The van der Waals surface area contributed by atoms with Crippen molar-refractivity contribution in [3.8, 4) is 11.5 Å². The van der Waals surface area contributed by atoms with Gasteiger partial charge in [0.25, 0.3) is 5.91 Å². The van der Waals surface area contributed by atoms with E-state index in [4.69, 9.17) is 15.2 Å². The van der Waals surface area contributed by atoms with Crippen molar-refractivity contribution in [1.29, 1.82) is 0 Å². The van der Waals surface area contributed by atoms with Gasteiger partial charge in [0, 0.05) is 29.7 Å². The van der Waals surface area contributed by atoms with E-state index in [0.717, 1.165) is 16.5 Å². The molecule has 2 aromatic rings. The van der Waals surface area contributed by atoms with Crippen LogP contribution in [0.25, 0.3) is 0 Å². The lowest BCUT2D eigenvalue weighted by molar-refractivity contribution is 0.0954. The predicted octanol–water partition coefficient (Wildman–Crippen LogP) is 2.96. The number of carbonyl (C=O) groups is 1. The lowest BCUT2D eigenvalue weighted by Crippen LogP contribution is -2.38. The number of hydrogen-bond donors (Lipinski definition) is 3. The molecule has 2 rings (SSSR count). The molecule has 0 aliphatic heterocycles. The molecule has 0 spiro atoms. The highest BCUT2D eigenvalue weighted by molar-refractivity contribution is 14.0. The zero-order valence-corrected chi connectivity index (χ0v) is 20.3. The molecule has 0 fully saturated rings. The average Bonchev–Trinajstić information content (AvgIpc) is 2.70. The molecule has 0 bridgehead atoms. The largest absolute Gasteiger partial charge is 0.493 e. The van der Waals surface area contributed by atoms with Crippen LogP contribution in [0, 0.1) is 0 Å². The van der Waals surface area contributed by atoms with Crippen LogP contribution in [0.2, 0.25) is 0 Å². The summed E-state index contributed by atoms with van der Waals surface area (Å²) in [6, 6.07) is 13.0. The fourth-order valence-corrected chi connectivity index (χ4v) is 2.90. The number of carbonyl (C=O) groups excluding carboxylic acids is 1. The van der Waals surface area contributed by atoms with E-state index < -0.39 is 0 Å². The van der Waals surface area contributed by atoms with Gasteiger partial charge >= 0.3 is 0 Å². The van der Waals surface area contributed by atoms with Gasteiger partial charge in [-0.05, 0) is 42.3 Å². The first kappa shape index (κ1) is 25.0. The van der Waals surface area contributed by atoms with E-state index in [0.29, 0.717) is 42.7 Å². The zero-order chi connectivity index (χ0) is 20.4. The van der Waals surface area contributed by atoms with E-state index in [-0.39, 0.29) is 29.9 Å². The van der Waals surface area contributed by atoms with E-state index in [1.807, 2.05) is 30.3 Å². The van der Waals surface area contributed by atoms with Crippen molar-refractivity contribution in [2.45, 2.75) is 6.42 Å². The number of amides is 1. The zero-order valence-electron chi connectivity index (χ0n) is 16.4. The molecule has 0 aliphatic rings. The van der Waals surface area contributed by atoms with Gasteiger partial charge in [-0.2, -0.15) is 0 Å². The Morgan fingerprint density at radius 3 is 2.48 bits per heavy atom. The monoisotopic (exact) mass is 576 g/mol. The number of hydrogen-bond acceptors (Lipinski definition) is 4. The lowest BCUT2D eigenvalue weighted by atomic mass is 10.1. The first-order chi connectivity index (χ1) is 13.5. The molecule has 1 amide bonds. The Kier molecular flexibility index (Phi) is 11.4. The number of guanidine groups is 1. The summed E-state index contributed by atoms with van der Waals surface area (Å²) in [7, 11) is 3.21. The molecule has 4 N–H and O–H groups in total. The normalized spacial score (nSPS) is 10.7. The molecule has 2 aromatic carbocycles. The van der Waals surface area contributed by atoms with Gasteiger partial charge in [0.15, 0.2) is 17.5 Å². The summed E-state index contributed by atoms with van der Waals surface area (Å²) in [5.41, 5.74) is 7.54. The van der Waals surface area contributed by atoms with Crippen molar-refractivity contribution in [3.05, 3.63) is 58.1 Å². The summed E-state index contributed by atoms with van der Waals surface area (Å²) >= 11 is 3.35. The second-order valence-electron chi connectivity index (χ2n) is 5.90. The molecule has 7 nitrogen and oxygen atoms in total. The third kappa shape index (κ3) is 8.48. The Balaban J connectivity index is 0.00000420. The Morgan fingerprint density at radius 2 is 1.79 bits per heavy atom. The molecule has 0 aromatic heterocycles. The Labute approximate surface area is 196 Å². The number of benzene rings is 2. The van der Waals surface area contributed by atoms with Gasteiger partial charge in [0.2, 0.25) is 0 Å². The lowest BCUT2D eigenvalue weighted by Gasteiger charge is -2.09. The third-order valence-corrected chi connectivity index (χ3v) is 4.43. The number of ether oxygens (including phenoxy) is 2. The molecule has 29 heavy (non-hydrogen) atoms. The summed E-state index contributed by atoms with van der Waals surface area (Å²) in [6.07, 6.45) is 0.725. The van der Waals surface area contributed by atoms with Crippen molar-refractivity contribution in [2.75, 3.05) is 33.9 Å². The summed E-state index contributed by atoms with van der Waals surface area (Å²) in [6.45, 7) is 1.47. The van der Waals surface area contributed by atoms with Crippen LogP contribution in [0.5, 0.6) is 11.5 Å². The molecule has 9 heteroatoms. The summed E-state index contributed by atoms with van der Waals surface area (Å²) in [4.78, 5) is 16.3. The van der Waals surface area contributed by atoms with Gasteiger partial charge in [-0.3, -0.25) is 9.79 Å². The minimum Gasteiger partial charge on any atom is -0.493 e. The van der Waals surface area contributed by atoms with Crippen LogP contribution in [-0.4, -0.2) is 45.7 Å². The molecule has 0 heterocycles. The van der Waals surface area contributed by atoms with Crippen molar-refractivity contribution < 1.29 is 14.3 Å². The first-order valence-electron chi connectivity index (χ1n) is 8.82. The molecule has 0 radical (unpaired) electrons. The molecular weight excluding hydrogens is 551 g/mol. The number of rotatable bonds is 9. The van der Waals surface area contributed by atoms with Gasteiger partial charge < -0.3 is 25.8 Å². The first-order valence-corrected chi connectivity index (χ1v) is 9.61. The highest BCUT2D eigenvalue weighted by Crippen LogP contribution is 2.27. The highest BCUT2D eigenvalue weighted by atomic mass is 127. The predicted molar refractivity (Wildman–Crippen MR) is 130 cm³/mol. The van der Waals surface area contributed by atoms with Gasteiger partial charge in [-0.25, -0.2) is 0 Å². The number of methoxy groups -OCH3 is 2. The van der Waals surface area contributed by atoms with E-state index in [2.05, 4.69) is 31.6 Å². The average molecular weight is 577 g/mol. The van der Waals surface area contributed by atoms with Crippen LogP contribution in [0.3, 0.4) is 0 Å². The number of nitrogens with one attached hydrogen (secondary N) is 2. The third-order valence-electron chi connectivity index (χ3n) is 3.93. The summed E-state index contributed by atoms with van der Waals surface area (Å²) < 4.78 is 11.4. The van der Waals surface area contributed by atoms with Gasteiger partial charge in [-0.15, -0.1) is 24.0 Å². The van der Waals surface area contributed by atoms with Crippen LogP contribution in [0.15, 0.2) is 51.9 Å². The van der Waals surface area contributed by atoms with Crippen LogP contribution in [0.1, 0.15) is 15.9 Å². The van der Waals surface area contributed by atoms with Gasteiger partial charge in [0.1, 0.15) is 0 Å². The highest BCUT2D eigenvalue weighted by Gasteiger charge is 2.05. The summed E-state index contributed by atoms with van der Waals surface area (Å²) in [5, 5.41) is 5.82. The topological polar surface area (TPSA) is 98.0 Å². The van der Waals surface area contributed by atoms with Crippen molar-refractivity contribution >= 4 is 51.8 Å². The number of nitrogens with zero attached hydrogens (tertiary/aromatic N) is 1. The quantitative estimate of drug-likeness (QED) is 0.185. The second-order valence-corrected chi connectivity index (χ2v) is 6.81. The molecular formula is C20H26BrIN4O3. The minimum atomic E-state index is -0.132. The van der Waals surface area contributed by atoms with Gasteiger partial charge in [0.05, 0.1) is 14.2 Å². The van der Waals surface area contributed by atoms with Crippen molar-refractivity contribution in [3.63, 3.8) is 0 Å². The summed E-state index contributed by atoms with van der Waals surface area (Å²) in [5.74, 6) is 1.60. The maximum atomic E-state index is 12.0. The number of halogens is 2. The smallest absolute Gasteiger partial charge is 0.251 e. The van der Waals surface area contributed by atoms with Crippen molar-refractivity contribution in [2.24, 2.45) is 10.7 Å². The van der Waals surface area contributed by atoms with E-state index >= 15 is 0 Å². The minimum absolute atomic E-state index is 0. The Hall–Kier alpha value is -2.01. The van der Waals surface area contributed by atoms with Crippen LogP contribution in [-0.2, 0) is 6.42 Å². The standard InChI is InChI=1S/C20H25BrN4O3.HI/c1-27-17-7-6-14(12-18(17)28-2)8-9-24-20(22)25-11-10-23-19(26)15-4-3-5-16(21)13-15;/h3-7,12-13H,8-11H2,1-2H3,(H,23,26)(H3,22,24,25);1H. The molecule has 0 atom stereocenters.